The van der Waals surface area contributed by atoms with Gasteiger partial charge in [0, 0.05) is 66.8 Å². The largest absolute Gasteiger partial charge is 0.494 e. The van der Waals surface area contributed by atoms with E-state index in [4.69, 9.17) is 49.0 Å². The summed E-state index contributed by atoms with van der Waals surface area (Å²) in [5.74, 6) is 7.01. The number of carbonyl (C=O) groups is 6. The SMILES string of the molecule is C=CC(=O)N1CC2(CC(n3nc(-c4ccc(OCCC)c(F)c4)c(C(N)=O)c3N)C2)C1.CC#CC(=O)N1CC2(CC(n3nc(-c4ccc(C(F)(F)F)c(F)c4)c(C(N)=O)c3N)C2)C1.CC#CC(=O)N1CCC2(CC(n3nc(-c4ccc(OCCC)cc4)c(C(N)=O)c3N)C2)C1. The number of hydrogen-bond donors (Lipinski definition) is 6. The second kappa shape index (κ2) is 26.6. The van der Waals surface area contributed by atoms with Crippen LogP contribution in [0.4, 0.5) is 39.4 Å². The number of anilines is 3. The van der Waals surface area contributed by atoms with Crippen LogP contribution in [0, 0.1) is 51.6 Å². The molecule has 3 saturated carbocycles. The van der Waals surface area contributed by atoms with Crippen LogP contribution in [0.2, 0.25) is 0 Å². The molecule has 0 unspecified atom stereocenters. The first-order valence-electron chi connectivity index (χ1n) is 31.0. The van der Waals surface area contributed by atoms with Crippen LogP contribution in [0.3, 0.4) is 0 Å². The van der Waals surface area contributed by atoms with Crippen LogP contribution < -0.4 is 43.9 Å². The van der Waals surface area contributed by atoms with Crippen molar-refractivity contribution in [3.8, 4) is 69.0 Å². The smallest absolute Gasteiger partial charge is 0.419 e. The number of benzene rings is 3. The number of amides is 6. The number of aromatic nitrogens is 6. The van der Waals surface area contributed by atoms with Gasteiger partial charge in [0.2, 0.25) is 5.91 Å². The minimum atomic E-state index is -4.85. The van der Waals surface area contributed by atoms with E-state index in [1.165, 1.54) is 22.9 Å². The fraction of sp³-hybridized carbons (Fsp3) is 0.418. The van der Waals surface area contributed by atoms with Gasteiger partial charge in [0.25, 0.3) is 29.5 Å². The molecule has 6 aromatic rings. The molecule has 6 aliphatic rings. The molecule has 3 aromatic heterocycles. The minimum Gasteiger partial charge on any atom is -0.494 e. The molecule has 12 N–H and O–H groups in total. The van der Waals surface area contributed by atoms with Crippen molar-refractivity contribution >= 4 is 52.9 Å². The van der Waals surface area contributed by atoms with E-state index < -0.39 is 41.1 Å². The third-order valence-corrected chi connectivity index (χ3v) is 18.5. The number of ether oxygens (including phenoxy) is 2. The van der Waals surface area contributed by atoms with E-state index in [2.05, 4.69) is 40.5 Å². The Morgan fingerprint density at radius 3 is 1.40 bits per heavy atom. The number of primary amides is 3. The van der Waals surface area contributed by atoms with E-state index in [-0.39, 0.29) is 103 Å². The van der Waals surface area contributed by atoms with Gasteiger partial charge in [-0.2, -0.15) is 28.5 Å². The van der Waals surface area contributed by atoms with Gasteiger partial charge in [0.1, 0.15) is 62.8 Å². The molecule has 3 saturated heterocycles. The number of rotatable bonds is 16. The van der Waals surface area contributed by atoms with Crippen LogP contribution in [0.5, 0.6) is 11.5 Å². The van der Waals surface area contributed by atoms with Crippen molar-refractivity contribution in [2.24, 2.45) is 33.4 Å². The molecule has 95 heavy (non-hydrogen) atoms. The van der Waals surface area contributed by atoms with Crippen LogP contribution in [0.25, 0.3) is 33.8 Å². The number of alkyl halides is 3. The van der Waals surface area contributed by atoms with Crippen molar-refractivity contribution in [2.75, 3.05) is 69.7 Å². The lowest BCUT2D eigenvalue weighted by molar-refractivity contribution is -0.149. The van der Waals surface area contributed by atoms with Gasteiger partial charge in [-0.05, 0) is 150 Å². The number of carbonyl (C=O) groups excluding carboxylic acids is 6. The summed E-state index contributed by atoms with van der Waals surface area (Å²) in [4.78, 5) is 77.1. The standard InChI is InChI=1S/C24H29N5O3.C22H26FN5O3.C21H19F4N5O2/c1-3-5-19(30)28-11-10-24(15-28)13-17(14-24)29-22(25)20(23(26)31)21(27-29)16-6-8-18(9-7-16)32-12-4-2;1-3-7-31-16-6-5-13(8-15(16)23)19-18(21(25)30)20(24)28(26-19)14-9-22(10-14)11-27(12-22)17(29)4-2;1-2-3-15(31)29-9-20(10-29)7-12(8-20)30-18(26)16(19(27)32)17(28-30)11-4-5-13(14(22)6-11)21(23,24)25/h6-9,17H,4,10-15,25H2,1-2H3,(H2,26,31);4-6,8,14H,2-3,7,9-12,24H2,1H3,(H2,25,30);4-6,12H,7-10,26H2,1H3,(H2,27,32). The van der Waals surface area contributed by atoms with Crippen LogP contribution in [-0.2, 0) is 20.6 Å². The monoisotopic (exact) mass is 1310 g/mol. The topological polar surface area (TPSA) is 340 Å². The predicted octanol–water partition coefficient (Wildman–Crippen LogP) is 7.68. The average molecular weight is 1310 g/mol. The minimum absolute atomic E-state index is 0.00941. The van der Waals surface area contributed by atoms with Gasteiger partial charge in [0.05, 0.1) is 36.9 Å². The number of nitrogen functional groups attached to an aromatic ring is 3. The summed E-state index contributed by atoms with van der Waals surface area (Å²) >= 11 is 0. The zero-order valence-electron chi connectivity index (χ0n) is 53.0. The van der Waals surface area contributed by atoms with E-state index >= 15 is 0 Å². The fourth-order valence-corrected chi connectivity index (χ4v) is 13.9. The maximum atomic E-state index is 14.5. The van der Waals surface area contributed by atoms with Gasteiger partial charge in [-0.25, -0.2) is 22.8 Å². The van der Waals surface area contributed by atoms with Crippen LogP contribution in [0.15, 0.2) is 73.3 Å². The number of halogens is 5. The summed E-state index contributed by atoms with van der Waals surface area (Å²) in [5, 5.41) is 13.5. The van der Waals surface area contributed by atoms with Gasteiger partial charge in [-0.15, -0.1) is 0 Å². The van der Waals surface area contributed by atoms with E-state index in [1.54, 1.807) is 39.1 Å². The van der Waals surface area contributed by atoms with Crippen molar-refractivity contribution in [2.45, 2.75) is 110 Å². The maximum Gasteiger partial charge on any atom is 0.419 e. The van der Waals surface area contributed by atoms with Crippen LogP contribution in [0.1, 0.15) is 140 Å². The Balaban J connectivity index is 0.000000155. The molecular formula is C67H74F5N15O8. The van der Waals surface area contributed by atoms with E-state index in [0.717, 1.165) is 68.9 Å². The number of nitrogens with zero attached hydrogens (tertiary/aromatic N) is 9. The molecule has 6 heterocycles. The molecule has 3 aromatic carbocycles. The summed E-state index contributed by atoms with van der Waals surface area (Å²) in [6.45, 7) is 15.7. The molecule has 0 bridgehead atoms. The number of likely N-dealkylation sites (tertiary alicyclic amines) is 3. The van der Waals surface area contributed by atoms with E-state index in [0.29, 0.717) is 88.0 Å². The third-order valence-electron chi connectivity index (χ3n) is 18.5. The molecule has 500 valence electrons. The van der Waals surface area contributed by atoms with Gasteiger partial charge in [0.15, 0.2) is 11.6 Å². The highest BCUT2D eigenvalue weighted by molar-refractivity contribution is 6.05. The summed E-state index contributed by atoms with van der Waals surface area (Å²) in [5.41, 5.74) is 35.9. The van der Waals surface area contributed by atoms with Gasteiger partial charge < -0.3 is 58.6 Å². The molecule has 28 heteroatoms. The van der Waals surface area contributed by atoms with Crippen LogP contribution >= 0.6 is 0 Å². The quantitative estimate of drug-likeness (QED) is 0.0308. The molecule has 0 radical (unpaired) electrons. The molecule has 3 aliphatic heterocycles. The molecule has 3 spiro atoms. The summed E-state index contributed by atoms with van der Waals surface area (Å²) in [6, 6.07) is 14.0. The zero-order valence-corrected chi connectivity index (χ0v) is 53.0. The Bertz CT molecular complexity index is 4160. The van der Waals surface area contributed by atoms with Crippen LogP contribution in [-0.4, -0.2) is 132 Å². The Hall–Kier alpha value is -10.4. The molecule has 6 fully saturated rings. The lowest BCUT2D eigenvalue weighted by Crippen LogP contribution is -2.63. The Morgan fingerprint density at radius 1 is 0.579 bits per heavy atom. The first kappa shape index (κ1) is 67.5. The molecule has 23 nitrogen and oxygen atoms in total. The first-order chi connectivity index (χ1) is 45.1. The number of nitrogens with two attached hydrogens (primary N) is 6. The van der Waals surface area contributed by atoms with Crippen molar-refractivity contribution in [3.05, 3.63) is 107 Å². The van der Waals surface area contributed by atoms with Gasteiger partial charge >= 0.3 is 6.18 Å². The lowest BCUT2D eigenvalue weighted by atomic mass is 9.60. The molecule has 0 atom stereocenters. The maximum absolute atomic E-state index is 14.5. The zero-order chi connectivity index (χ0) is 68.6. The highest BCUT2D eigenvalue weighted by Crippen LogP contribution is 2.57. The first-order valence-corrected chi connectivity index (χ1v) is 31.0. The predicted molar refractivity (Wildman–Crippen MR) is 342 cm³/mol. The number of hydrogen-bond acceptors (Lipinski definition) is 14. The summed E-state index contributed by atoms with van der Waals surface area (Å²) < 4.78 is 82.9. The van der Waals surface area contributed by atoms with E-state index in [9.17, 15) is 50.7 Å². The Morgan fingerprint density at radius 2 is 0.979 bits per heavy atom. The third kappa shape index (κ3) is 13.3. The van der Waals surface area contributed by atoms with Crippen molar-refractivity contribution < 1.29 is 60.2 Å². The second-order valence-electron chi connectivity index (χ2n) is 25.3. The fourth-order valence-electron chi connectivity index (χ4n) is 13.9. The second-order valence-corrected chi connectivity index (χ2v) is 25.3. The Labute approximate surface area is 544 Å². The van der Waals surface area contributed by atoms with Gasteiger partial charge in [-0.1, -0.05) is 38.3 Å². The summed E-state index contributed by atoms with van der Waals surface area (Å²) in [7, 11) is 0. The highest BCUT2D eigenvalue weighted by Gasteiger charge is 2.56. The average Bonchev–Trinajstić information content (AvgIpc) is 1.71. The Kier molecular flexibility index (Phi) is 18.9. The van der Waals surface area contributed by atoms with Crippen molar-refractivity contribution in [1.29, 1.82) is 0 Å². The normalized spacial score (nSPS) is 17.2. The lowest BCUT2D eigenvalue weighted by Gasteiger charge is -2.58. The summed E-state index contributed by atoms with van der Waals surface area (Å²) in [6.07, 6.45) is 3.65. The van der Waals surface area contributed by atoms with Gasteiger partial charge in [-0.3, -0.25) is 28.8 Å². The molecular weight excluding hydrogens is 1240 g/mol. The highest BCUT2D eigenvalue weighted by atomic mass is 19.4. The van der Waals surface area contributed by atoms with Crippen molar-refractivity contribution in [3.63, 3.8) is 0 Å². The molecule has 3 aliphatic carbocycles. The molecule has 12 rings (SSSR count). The van der Waals surface area contributed by atoms with E-state index in [1.807, 2.05) is 43.0 Å². The molecule has 6 amide bonds. The van der Waals surface area contributed by atoms with Crippen molar-refractivity contribution in [1.82, 2.24) is 44.0 Å².